The molecule has 0 bridgehead atoms. The molecule has 17 heavy (non-hydrogen) atoms. The molecule has 7 nitrogen and oxygen atoms in total. The van der Waals surface area contributed by atoms with Crippen LogP contribution in [-0.4, -0.2) is 29.8 Å². The van der Waals surface area contributed by atoms with Gasteiger partial charge in [0, 0.05) is 0 Å². The topological polar surface area (TPSA) is 81.4 Å². The first-order valence-electron chi connectivity index (χ1n) is 4.94. The number of aromatic amines is 1. The van der Waals surface area contributed by atoms with Crippen molar-refractivity contribution in [1.29, 1.82) is 0 Å². The largest absolute Gasteiger partial charge is 0.347 e. The second-order valence-electron chi connectivity index (χ2n) is 3.40. The summed E-state index contributed by atoms with van der Waals surface area (Å²) < 4.78 is 3.06. The molecule has 0 saturated heterocycles. The highest BCUT2D eigenvalue weighted by Gasteiger charge is 2.01. The minimum absolute atomic E-state index is 0.265. The molecule has 0 spiro atoms. The van der Waals surface area contributed by atoms with Crippen LogP contribution in [0, 0.1) is 0 Å². The van der Waals surface area contributed by atoms with Crippen molar-refractivity contribution in [2.24, 2.45) is 0 Å². The lowest BCUT2D eigenvalue weighted by molar-refractivity contribution is 0.802. The molecule has 0 radical (unpaired) electrons. The van der Waals surface area contributed by atoms with E-state index in [1.807, 2.05) is 24.3 Å². The fraction of sp³-hybridized carbons (Fsp3) is 0. The van der Waals surface area contributed by atoms with Gasteiger partial charge in [0.05, 0.1) is 23.8 Å². The first-order chi connectivity index (χ1) is 8.34. The molecule has 0 atom stereocenters. The van der Waals surface area contributed by atoms with Crippen LogP contribution in [0.15, 0.2) is 47.8 Å². The Kier molecular flexibility index (Phi) is 2.08. The van der Waals surface area contributed by atoms with Crippen molar-refractivity contribution in [3.8, 4) is 11.4 Å². The number of benzene rings is 1. The Balaban J connectivity index is 2.01. The maximum absolute atomic E-state index is 11.4. The second kappa shape index (κ2) is 3.71. The molecule has 0 unspecified atom stereocenters. The summed E-state index contributed by atoms with van der Waals surface area (Å²) in [6, 6.07) is 7.33. The first-order valence-corrected chi connectivity index (χ1v) is 4.94. The predicted molar refractivity (Wildman–Crippen MR) is 59.1 cm³/mol. The van der Waals surface area contributed by atoms with Gasteiger partial charge in [0.15, 0.2) is 0 Å². The monoisotopic (exact) mass is 228 g/mol. The van der Waals surface area contributed by atoms with E-state index in [0.717, 1.165) is 11.4 Å². The summed E-state index contributed by atoms with van der Waals surface area (Å²) in [4.78, 5) is 11.4. The molecule has 0 saturated carbocycles. The third-order valence-electron chi connectivity index (χ3n) is 2.37. The van der Waals surface area contributed by atoms with Gasteiger partial charge in [-0.15, -0.1) is 5.10 Å². The first kappa shape index (κ1) is 9.52. The molecular formula is C10H8N6O. The average molecular weight is 228 g/mol. The van der Waals surface area contributed by atoms with Crippen LogP contribution in [0.5, 0.6) is 0 Å². The Morgan fingerprint density at radius 1 is 1.12 bits per heavy atom. The van der Waals surface area contributed by atoms with Crippen LogP contribution in [-0.2, 0) is 0 Å². The van der Waals surface area contributed by atoms with Crippen LogP contribution in [0.2, 0.25) is 0 Å². The van der Waals surface area contributed by atoms with Gasteiger partial charge in [-0.05, 0) is 24.3 Å². The van der Waals surface area contributed by atoms with Crippen molar-refractivity contribution < 1.29 is 0 Å². The summed E-state index contributed by atoms with van der Waals surface area (Å²) in [6.07, 6.45) is 4.79. The summed E-state index contributed by atoms with van der Waals surface area (Å²) in [5, 5.41) is 13.6. The quantitative estimate of drug-likeness (QED) is 0.676. The third kappa shape index (κ3) is 1.63. The molecule has 7 heteroatoms. The van der Waals surface area contributed by atoms with Crippen molar-refractivity contribution in [3.05, 3.63) is 53.5 Å². The normalized spacial score (nSPS) is 10.6. The molecular weight excluding hydrogens is 220 g/mol. The van der Waals surface area contributed by atoms with Crippen LogP contribution in [0.25, 0.3) is 11.4 Å². The molecule has 0 aliphatic rings. The number of rotatable bonds is 2. The number of hydrogen-bond donors (Lipinski definition) is 1. The molecule has 3 rings (SSSR count). The number of aromatic nitrogens is 6. The summed E-state index contributed by atoms with van der Waals surface area (Å²) >= 11 is 0. The van der Waals surface area contributed by atoms with E-state index in [4.69, 9.17) is 0 Å². The van der Waals surface area contributed by atoms with Crippen LogP contribution in [0.4, 0.5) is 0 Å². The van der Waals surface area contributed by atoms with E-state index in [0.29, 0.717) is 0 Å². The van der Waals surface area contributed by atoms with Crippen LogP contribution < -0.4 is 5.69 Å². The maximum atomic E-state index is 11.4. The highest BCUT2D eigenvalue weighted by molar-refractivity contribution is 5.40. The van der Waals surface area contributed by atoms with Crippen molar-refractivity contribution in [3.63, 3.8) is 0 Å². The Morgan fingerprint density at radius 3 is 2.47 bits per heavy atom. The van der Waals surface area contributed by atoms with Gasteiger partial charge in [-0.3, -0.25) is 0 Å². The van der Waals surface area contributed by atoms with Gasteiger partial charge in [0.25, 0.3) is 0 Å². The van der Waals surface area contributed by atoms with Gasteiger partial charge >= 0.3 is 5.69 Å². The molecule has 0 amide bonds. The molecule has 84 valence electrons. The van der Waals surface area contributed by atoms with Crippen LogP contribution >= 0.6 is 0 Å². The predicted octanol–water partition coefficient (Wildman–Crippen LogP) is 0.141. The highest BCUT2D eigenvalue weighted by Crippen LogP contribution is 2.09. The van der Waals surface area contributed by atoms with Gasteiger partial charge in [-0.25, -0.2) is 19.1 Å². The van der Waals surface area contributed by atoms with Gasteiger partial charge in [0.1, 0.15) is 6.33 Å². The average Bonchev–Trinajstić information content (AvgIpc) is 3.00. The Labute approximate surface area is 95.3 Å². The highest BCUT2D eigenvalue weighted by atomic mass is 16.1. The molecule has 3 aromatic rings. The molecule has 0 aliphatic heterocycles. The Morgan fingerprint density at radius 2 is 1.88 bits per heavy atom. The van der Waals surface area contributed by atoms with Crippen LogP contribution in [0.3, 0.4) is 0 Å². The fourth-order valence-electron chi connectivity index (χ4n) is 1.54. The Bertz CT molecular complexity index is 663. The molecule has 1 N–H and O–H groups in total. The lowest BCUT2D eigenvalue weighted by Gasteiger charge is -2.02. The molecule has 0 aliphatic carbocycles. The zero-order valence-electron chi connectivity index (χ0n) is 8.69. The maximum Gasteiger partial charge on any atom is 0.347 e. The number of H-pyrrole nitrogens is 1. The SMILES string of the molecule is O=c1[nH]ncn1-c1ccc(-n2ccnn2)cc1. The van der Waals surface area contributed by atoms with E-state index < -0.39 is 0 Å². The van der Waals surface area contributed by atoms with Gasteiger partial charge in [0.2, 0.25) is 0 Å². The van der Waals surface area contributed by atoms with E-state index in [2.05, 4.69) is 20.5 Å². The fourth-order valence-corrected chi connectivity index (χ4v) is 1.54. The van der Waals surface area contributed by atoms with E-state index >= 15 is 0 Å². The number of nitrogens with zero attached hydrogens (tertiary/aromatic N) is 5. The zero-order valence-corrected chi connectivity index (χ0v) is 8.69. The van der Waals surface area contributed by atoms with E-state index in [-0.39, 0.29) is 5.69 Å². The summed E-state index contributed by atoms with van der Waals surface area (Å²) in [7, 11) is 0. The van der Waals surface area contributed by atoms with Gasteiger partial charge in [-0.2, -0.15) is 5.10 Å². The minimum atomic E-state index is -0.265. The summed E-state index contributed by atoms with van der Waals surface area (Å²) in [5.41, 5.74) is 1.36. The third-order valence-corrected chi connectivity index (χ3v) is 2.37. The second-order valence-corrected chi connectivity index (χ2v) is 3.40. The Hall–Kier alpha value is -2.70. The number of nitrogens with one attached hydrogen (secondary N) is 1. The van der Waals surface area contributed by atoms with Crippen molar-refractivity contribution in [2.45, 2.75) is 0 Å². The number of hydrogen-bond acceptors (Lipinski definition) is 4. The van der Waals surface area contributed by atoms with E-state index in [1.165, 1.54) is 10.9 Å². The lowest BCUT2D eigenvalue weighted by atomic mass is 10.3. The van der Waals surface area contributed by atoms with Crippen molar-refractivity contribution >= 4 is 0 Å². The molecule has 0 fully saturated rings. The van der Waals surface area contributed by atoms with E-state index in [1.54, 1.807) is 17.1 Å². The standard InChI is InChI=1S/C10H8N6O/c17-10-13-12-7-15(10)8-1-3-9(4-2-8)16-6-5-11-14-16/h1-7H,(H,13,17). The van der Waals surface area contributed by atoms with Crippen molar-refractivity contribution in [2.75, 3.05) is 0 Å². The molecule has 2 heterocycles. The molecule has 2 aromatic heterocycles. The zero-order chi connectivity index (χ0) is 11.7. The minimum Gasteiger partial charge on any atom is -0.250 e. The van der Waals surface area contributed by atoms with Gasteiger partial charge < -0.3 is 0 Å². The smallest absolute Gasteiger partial charge is 0.250 e. The lowest BCUT2D eigenvalue weighted by Crippen LogP contribution is -2.14. The summed E-state index contributed by atoms with van der Waals surface area (Å²) in [5.74, 6) is 0. The van der Waals surface area contributed by atoms with Gasteiger partial charge in [-0.1, -0.05) is 5.21 Å². The molecule has 1 aromatic carbocycles. The van der Waals surface area contributed by atoms with Crippen LogP contribution in [0.1, 0.15) is 0 Å². The van der Waals surface area contributed by atoms with Crippen molar-refractivity contribution in [1.82, 2.24) is 29.8 Å². The summed E-state index contributed by atoms with van der Waals surface area (Å²) in [6.45, 7) is 0. The van der Waals surface area contributed by atoms with E-state index in [9.17, 15) is 4.79 Å².